The molecule has 0 aromatic heterocycles. The molecule has 0 atom stereocenters. The van der Waals surface area contributed by atoms with Gasteiger partial charge in [-0.3, -0.25) is 0 Å². The molecule has 0 nitrogen and oxygen atoms in total. The first-order valence-corrected chi connectivity index (χ1v) is 9.65. The Kier molecular flexibility index (Phi) is 15.0. The molecule has 134 valence electrons. The van der Waals surface area contributed by atoms with Gasteiger partial charge in [0.15, 0.2) is 0 Å². The van der Waals surface area contributed by atoms with E-state index < -0.39 is 0 Å². The molecule has 0 radical (unpaired) electrons. The Morgan fingerprint density at radius 2 is 0.708 bits per heavy atom. The number of aryl methyl sites for hydroxylation is 2. The summed E-state index contributed by atoms with van der Waals surface area (Å²) in [5.41, 5.74) is 2.72. The van der Waals surface area contributed by atoms with Gasteiger partial charge in [-0.1, -0.05) is 104 Å². The van der Waals surface area contributed by atoms with Crippen LogP contribution < -0.4 is 0 Å². The van der Waals surface area contributed by atoms with Gasteiger partial charge in [-0.05, 0) is 46.5 Å². The fourth-order valence-corrected chi connectivity index (χ4v) is 2.52. The first-order valence-electron chi connectivity index (χ1n) is 9.65. The van der Waals surface area contributed by atoms with Crippen LogP contribution in [0.3, 0.4) is 0 Å². The molecular weight excluding hydrogens is 288 g/mol. The highest BCUT2D eigenvalue weighted by molar-refractivity contribution is 6.10. The molecule has 3 aromatic carbocycles. The van der Waals surface area contributed by atoms with Gasteiger partial charge < -0.3 is 0 Å². The fraction of sp³-hybridized carbons (Fsp3) is 0.417. The van der Waals surface area contributed by atoms with Crippen molar-refractivity contribution in [3.63, 3.8) is 0 Å². The Bertz CT molecular complexity index is 617. The van der Waals surface area contributed by atoms with E-state index in [4.69, 9.17) is 0 Å². The molecule has 3 aromatic rings. The lowest BCUT2D eigenvalue weighted by molar-refractivity contribution is 1.50. The van der Waals surface area contributed by atoms with Crippen LogP contribution in [0.5, 0.6) is 0 Å². The summed E-state index contributed by atoms with van der Waals surface area (Å²) >= 11 is 0. The van der Waals surface area contributed by atoms with Gasteiger partial charge in [-0.15, -0.1) is 0 Å². The molecule has 0 saturated carbocycles. The zero-order chi connectivity index (χ0) is 19.1. The Morgan fingerprint density at radius 1 is 0.417 bits per heavy atom. The molecule has 0 fully saturated rings. The highest BCUT2D eigenvalue weighted by Crippen LogP contribution is 2.30. The smallest absolute Gasteiger partial charge is 0.00735 e. The molecule has 24 heavy (non-hydrogen) atoms. The van der Waals surface area contributed by atoms with E-state index in [1.54, 1.807) is 0 Å². The molecule has 0 spiro atoms. The van der Waals surface area contributed by atoms with Gasteiger partial charge in [0.05, 0.1) is 0 Å². The third-order valence-corrected chi connectivity index (χ3v) is 3.30. The first-order chi connectivity index (χ1) is 11.8. The predicted molar refractivity (Wildman–Crippen MR) is 116 cm³/mol. The van der Waals surface area contributed by atoms with Gasteiger partial charge in [0, 0.05) is 0 Å². The second-order valence-electron chi connectivity index (χ2n) is 4.41. The van der Waals surface area contributed by atoms with E-state index in [-0.39, 0.29) is 0 Å². The van der Waals surface area contributed by atoms with Gasteiger partial charge in [0.2, 0.25) is 0 Å². The van der Waals surface area contributed by atoms with Crippen LogP contribution in [-0.4, -0.2) is 0 Å². The quantitative estimate of drug-likeness (QED) is 0.362. The van der Waals surface area contributed by atoms with Crippen molar-refractivity contribution >= 4 is 21.5 Å². The van der Waals surface area contributed by atoms with Crippen LogP contribution >= 0.6 is 0 Å². The van der Waals surface area contributed by atoms with E-state index in [0.29, 0.717) is 0 Å². The number of benzene rings is 3. The monoisotopic (exact) mass is 326 g/mol. The third kappa shape index (κ3) is 6.00. The van der Waals surface area contributed by atoms with Gasteiger partial charge in [-0.25, -0.2) is 0 Å². The summed E-state index contributed by atoms with van der Waals surface area (Å²) in [5, 5.41) is 5.47. The van der Waals surface area contributed by atoms with E-state index in [1.165, 1.54) is 32.7 Å². The van der Waals surface area contributed by atoms with Gasteiger partial charge >= 0.3 is 0 Å². The molecular formula is C24H38. The molecule has 0 amide bonds. The standard InChI is InChI=1S/C16H14.4C2H6/c1-11-5-3-7-13-9-10-14-8-4-6-12(2)16(14)15(11)13;4*1-2/h3-10H,1-2H3;4*1-2H3. The summed E-state index contributed by atoms with van der Waals surface area (Å²) in [6.07, 6.45) is 0. The van der Waals surface area contributed by atoms with Crippen LogP contribution in [0.25, 0.3) is 21.5 Å². The summed E-state index contributed by atoms with van der Waals surface area (Å²) < 4.78 is 0. The molecule has 0 aliphatic carbocycles. The average molecular weight is 327 g/mol. The Hall–Kier alpha value is -1.82. The largest absolute Gasteiger partial charge is 0.0683 e. The van der Waals surface area contributed by atoms with Crippen molar-refractivity contribution in [3.8, 4) is 0 Å². The Labute approximate surface area is 150 Å². The normalized spacial score (nSPS) is 8.42. The van der Waals surface area contributed by atoms with E-state index in [2.05, 4.69) is 62.4 Å². The van der Waals surface area contributed by atoms with E-state index in [1.807, 2.05) is 55.4 Å². The van der Waals surface area contributed by atoms with Crippen molar-refractivity contribution < 1.29 is 0 Å². The van der Waals surface area contributed by atoms with Crippen molar-refractivity contribution in [1.29, 1.82) is 0 Å². The van der Waals surface area contributed by atoms with E-state index in [0.717, 1.165) is 0 Å². The lowest BCUT2D eigenvalue weighted by atomic mass is 9.95. The summed E-state index contributed by atoms with van der Waals surface area (Å²) in [6, 6.07) is 17.4. The molecule has 3 rings (SSSR count). The van der Waals surface area contributed by atoms with Gasteiger partial charge in [0.1, 0.15) is 0 Å². The lowest BCUT2D eigenvalue weighted by Gasteiger charge is -2.09. The van der Waals surface area contributed by atoms with Gasteiger partial charge in [0.25, 0.3) is 0 Å². The third-order valence-electron chi connectivity index (χ3n) is 3.30. The lowest BCUT2D eigenvalue weighted by Crippen LogP contribution is -1.84. The minimum atomic E-state index is 1.34. The van der Waals surface area contributed by atoms with Crippen molar-refractivity contribution in [3.05, 3.63) is 59.7 Å². The molecule has 0 saturated heterocycles. The summed E-state index contributed by atoms with van der Waals surface area (Å²) in [7, 11) is 0. The van der Waals surface area contributed by atoms with Crippen molar-refractivity contribution in [2.45, 2.75) is 69.2 Å². The van der Waals surface area contributed by atoms with Crippen LogP contribution in [0.1, 0.15) is 66.5 Å². The zero-order valence-electron chi connectivity index (χ0n) is 17.6. The molecule has 0 heteroatoms. The fourth-order valence-electron chi connectivity index (χ4n) is 2.52. The molecule has 0 aliphatic heterocycles. The minimum Gasteiger partial charge on any atom is -0.0683 e. The van der Waals surface area contributed by atoms with Gasteiger partial charge in [-0.2, -0.15) is 0 Å². The highest BCUT2D eigenvalue weighted by atomic mass is 14.1. The van der Waals surface area contributed by atoms with Crippen molar-refractivity contribution in [2.24, 2.45) is 0 Å². The molecule has 0 bridgehead atoms. The van der Waals surface area contributed by atoms with Crippen LogP contribution in [-0.2, 0) is 0 Å². The second kappa shape index (κ2) is 14.8. The number of hydrogen-bond acceptors (Lipinski definition) is 0. The molecule has 0 N–H and O–H groups in total. The second-order valence-corrected chi connectivity index (χ2v) is 4.41. The van der Waals surface area contributed by atoms with Crippen LogP contribution in [0.4, 0.5) is 0 Å². The summed E-state index contributed by atoms with van der Waals surface area (Å²) in [4.78, 5) is 0. The molecule has 0 heterocycles. The minimum absolute atomic E-state index is 1.34. The number of fused-ring (bicyclic) bond motifs is 3. The highest BCUT2D eigenvalue weighted by Gasteiger charge is 2.04. The zero-order valence-corrected chi connectivity index (χ0v) is 17.6. The van der Waals surface area contributed by atoms with Crippen LogP contribution in [0, 0.1) is 13.8 Å². The summed E-state index contributed by atoms with van der Waals surface area (Å²) in [5.74, 6) is 0. The molecule has 0 unspecified atom stereocenters. The van der Waals surface area contributed by atoms with Crippen LogP contribution in [0.2, 0.25) is 0 Å². The summed E-state index contributed by atoms with van der Waals surface area (Å²) in [6.45, 7) is 20.4. The predicted octanol–water partition coefficient (Wildman–Crippen LogP) is 8.71. The first kappa shape index (κ1) is 24.4. The average Bonchev–Trinajstić information content (AvgIpc) is 2.68. The van der Waals surface area contributed by atoms with Crippen LogP contribution in [0.15, 0.2) is 48.5 Å². The Balaban J connectivity index is 0. The van der Waals surface area contributed by atoms with Crippen molar-refractivity contribution in [2.75, 3.05) is 0 Å². The van der Waals surface area contributed by atoms with E-state index >= 15 is 0 Å². The maximum absolute atomic E-state index is 2.21. The molecule has 0 aliphatic rings. The maximum atomic E-state index is 2.21. The van der Waals surface area contributed by atoms with E-state index in [9.17, 15) is 0 Å². The number of rotatable bonds is 0. The number of hydrogen-bond donors (Lipinski definition) is 0. The van der Waals surface area contributed by atoms with Crippen molar-refractivity contribution in [1.82, 2.24) is 0 Å². The maximum Gasteiger partial charge on any atom is -0.00735 e. The topological polar surface area (TPSA) is 0 Å². The Morgan fingerprint density at radius 3 is 1.00 bits per heavy atom. The SMILES string of the molecule is CC.CC.CC.CC.Cc1cccc2ccc3cccc(C)c3c12.